The van der Waals surface area contributed by atoms with E-state index in [9.17, 15) is 9.37 Å². The number of hydrogen-bond donors (Lipinski definition) is 0. The van der Waals surface area contributed by atoms with Crippen LogP contribution in [0.4, 0.5) is 0 Å². The number of fused-ring (bicyclic) bond motifs is 4. The molecule has 2 aliphatic rings. The van der Waals surface area contributed by atoms with Crippen LogP contribution in [0.3, 0.4) is 0 Å². The van der Waals surface area contributed by atoms with Crippen molar-refractivity contribution in [1.29, 1.82) is 5.26 Å². The van der Waals surface area contributed by atoms with E-state index in [1.54, 1.807) is 0 Å². The zero-order valence-corrected chi connectivity index (χ0v) is 24.5. The molecule has 2 aliphatic carbocycles. The number of aromatic nitrogens is 1. The zero-order valence-electron chi connectivity index (χ0n) is 27.5. The molecule has 0 unspecified atom stereocenters. The molecule has 1 saturated carbocycles. The van der Waals surface area contributed by atoms with Crippen molar-refractivity contribution in [1.82, 2.24) is 0 Å². The summed E-state index contributed by atoms with van der Waals surface area (Å²) in [6.45, 7) is 6.47. The topological polar surface area (TPSA) is 40.8 Å². The van der Waals surface area contributed by atoms with Crippen molar-refractivity contribution in [2.24, 2.45) is 7.05 Å². The first-order chi connectivity index (χ1) is 21.0. The summed E-state index contributed by atoms with van der Waals surface area (Å²) >= 11 is 0. The summed E-state index contributed by atoms with van der Waals surface area (Å²) < 4.78 is 37.1. The van der Waals surface area contributed by atoms with Crippen molar-refractivity contribution in [3.05, 3.63) is 88.6 Å². The van der Waals surface area contributed by atoms with Gasteiger partial charge in [0.2, 0.25) is 5.69 Å². The molecule has 206 valence electrons. The fourth-order valence-electron chi connectivity index (χ4n) is 7.33. The molecule has 0 spiro atoms. The second-order valence-corrected chi connectivity index (χ2v) is 12.5. The lowest BCUT2D eigenvalue weighted by atomic mass is 9.66. The lowest BCUT2D eigenvalue weighted by Gasteiger charge is -2.38. The van der Waals surface area contributed by atoms with Crippen LogP contribution in [0, 0.1) is 18.3 Å². The van der Waals surface area contributed by atoms with Gasteiger partial charge in [0.15, 0.2) is 6.20 Å². The lowest BCUT2D eigenvalue weighted by molar-refractivity contribution is -0.660. The van der Waals surface area contributed by atoms with E-state index >= 15 is 0 Å². The van der Waals surface area contributed by atoms with E-state index in [4.69, 9.17) is 4.42 Å². The third-order valence-electron chi connectivity index (χ3n) is 9.49. The predicted octanol–water partition coefficient (Wildman–Crippen LogP) is 9.59. The summed E-state index contributed by atoms with van der Waals surface area (Å²) in [5.41, 5.74) is 8.77. The fraction of sp³-hybridized carbons (Fsp3) is 0.368. The number of nitriles is 1. The Morgan fingerprint density at radius 1 is 0.951 bits per heavy atom. The molecule has 2 aromatic heterocycles. The number of nitrogens with zero attached hydrogens (tertiary/aromatic N) is 2. The maximum absolute atomic E-state index is 10.5. The van der Waals surface area contributed by atoms with Gasteiger partial charge in [-0.1, -0.05) is 57.4 Å². The molecule has 5 aromatic rings. The summed E-state index contributed by atoms with van der Waals surface area (Å²) in [5, 5.41) is 12.4. The smallest absolute Gasteiger partial charge is 0.216 e. The Labute approximate surface area is 247 Å². The summed E-state index contributed by atoms with van der Waals surface area (Å²) in [6.07, 6.45) is 6.16. The molecule has 0 N–H and O–H groups in total. The standard InChI is InChI=1S/C38H39N2O/c1-24-15-17-29-30-18-16-26(23-39)34(37(30)41-36(29)33(24)32-14-8-9-22-40(32)4)31-20-19-27(25-11-6-5-7-12-25)28-13-10-21-38(2,3)35(28)31/h8-9,14-20,22,25H,5-7,10-13,21H2,1-4H3/q+1/i13D2,25D. The van der Waals surface area contributed by atoms with Crippen molar-refractivity contribution in [2.75, 3.05) is 0 Å². The molecule has 0 radical (unpaired) electrons. The largest absolute Gasteiger partial charge is 0.454 e. The number of benzene rings is 3. The van der Waals surface area contributed by atoms with Crippen molar-refractivity contribution >= 4 is 21.9 Å². The first-order valence-corrected chi connectivity index (χ1v) is 15.0. The average Bonchev–Trinajstić information content (AvgIpc) is 3.38. The van der Waals surface area contributed by atoms with Gasteiger partial charge < -0.3 is 4.42 Å². The number of rotatable bonds is 3. The summed E-state index contributed by atoms with van der Waals surface area (Å²) in [6, 6.07) is 20.8. The molecule has 0 aliphatic heterocycles. The third kappa shape index (κ3) is 4.11. The molecule has 0 bridgehead atoms. The van der Waals surface area contributed by atoms with Crippen LogP contribution in [0.25, 0.3) is 44.3 Å². The van der Waals surface area contributed by atoms with Gasteiger partial charge in [-0.15, -0.1) is 0 Å². The average molecular weight is 543 g/mol. The molecule has 0 saturated heterocycles. The van der Waals surface area contributed by atoms with E-state index in [1.807, 2.05) is 43.6 Å². The molecular weight excluding hydrogens is 500 g/mol. The van der Waals surface area contributed by atoms with Crippen LogP contribution in [0.5, 0.6) is 0 Å². The molecule has 41 heavy (non-hydrogen) atoms. The van der Waals surface area contributed by atoms with Gasteiger partial charge in [-0.05, 0) is 96.3 Å². The molecule has 3 aromatic carbocycles. The van der Waals surface area contributed by atoms with Gasteiger partial charge in [0.25, 0.3) is 0 Å². The maximum Gasteiger partial charge on any atom is 0.216 e. The first-order valence-electron chi connectivity index (χ1n) is 16.5. The Morgan fingerprint density at radius 2 is 1.71 bits per heavy atom. The van der Waals surface area contributed by atoms with Gasteiger partial charge in [-0.2, -0.15) is 5.26 Å². The highest BCUT2D eigenvalue weighted by Crippen LogP contribution is 2.50. The maximum atomic E-state index is 10.5. The zero-order chi connectivity index (χ0) is 31.0. The SMILES string of the molecule is [2H]C1([2H])CCC(C)(C)c2c(-c3c(C#N)ccc4c3oc3c(-c5cccc[n+]5C)c(C)ccc34)ccc(C3([2H])CCCCC3)c21. The van der Waals surface area contributed by atoms with E-state index in [2.05, 4.69) is 55.7 Å². The minimum Gasteiger partial charge on any atom is -0.454 e. The van der Waals surface area contributed by atoms with E-state index in [1.165, 1.54) is 0 Å². The summed E-state index contributed by atoms with van der Waals surface area (Å²) in [5.74, 6) is -0.803. The first kappa shape index (κ1) is 22.8. The molecule has 0 amide bonds. The van der Waals surface area contributed by atoms with Gasteiger partial charge in [0.05, 0.1) is 17.2 Å². The van der Waals surface area contributed by atoms with Crippen molar-refractivity contribution in [2.45, 2.75) is 83.4 Å². The van der Waals surface area contributed by atoms with Gasteiger partial charge in [0.1, 0.15) is 18.2 Å². The predicted molar refractivity (Wildman–Crippen MR) is 167 cm³/mol. The fourth-order valence-corrected chi connectivity index (χ4v) is 7.33. The number of furan rings is 1. The Kier molecular flexibility index (Phi) is 5.48. The van der Waals surface area contributed by atoms with Crippen LogP contribution in [-0.2, 0) is 18.8 Å². The number of pyridine rings is 1. The minimum atomic E-state index is -1.57. The third-order valence-corrected chi connectivity index (χ3v) is 9.49. The molecule has 0 atom stereocenters. The van der Waals surface area contributed by atoms with Crippen LogP contribution in [0.2, 0.25) is 0 Å². The van der Waals surface area contributed by atoms with Gasteiger partial charge >= 0.3 is 0 Å². The normalized spacial score (nSPS) is 20.1. The second kappa shape index (κ2) is 9.88. The van der Waals surface area contributed by atoms with Gasteiger partial charge in [-0.3, -0.25) is 0 Å². The highest BCUT2D eigenvalue weighted by molar-refractivity contribution is 6.14. The van der Waals surface area contributed by atoms with Gasteiger partial charge in [-0.25, -0.2) is 4.57 Å². The summed E-state index contributed by atoms with van der Waals surface area (Å²) in [4.78, 5) is 0. The van der Waals surface area contributed by atoms with Crippen LogP contribution in [0.1, 0.15) is 96.6 Å². The molecule has 3 heteroatoms. The number of hydrogen-bond acceptors (Lipinski definition) is 2. The van der Waals surface area contributed by atoms with Crippen LogP contribution in [-0.4, -0.2) is 0 Å². The van der Waals surface area contributed by atoms with Gasteiger partial charge in [0, 0.05) is 32.6 Å². The van der Waals surface area contributed by atoms with Crippen molar-refractivity contribution < 1.29 is 13.1 Å². The van der Waals surface area contributed by atoms with Crippen molar-refractivity contribution in [3.63, 3.8) is 0 Å². The monoisotopic (exact) mass is 542 g/mol. The molecule has 3 nitrogen and oxygen atoms in total. The lowest BCUT2D eigenvalue weighted by Crippen LogP contribution is -2.30. The Bertz CT molecular complexity index is 2010. The Balaban J connectivity index is 1.59. The second-order valence-electron chi connectivity index (χ2n) is 12.5. The highest BCUT2D eigenvalue weighted by atomic mass is 16.3. The molecular formula is C38H39N2O+. The minimum absolute atomic E-state index is 0.349. The quantitative estimate of drug-likeness (QED) is 0.213. The Hall–Kier alpha value is -3.90. The van der Waals surface area contributed by atoms with E-state index < -0.39 is 12.3 Å². The molecule has 7 rings (SSSR count). The Morgan fingerprint density at radius 3 is 2.46 bits per heavy atom. The summed E-state index contributed by atoms with van der Waals surface area (Å²) in [7, 11) is 2.03. The number of aryl methyl sites for hydroxylation is 2. The van der Waals surface area contributed by atoms with Crippen LogP contribution >= 0.6 is 0 Å². The van der Waals surface area contributed by atoms with E-state index in [-0.39, 0.29) is 5.41 Å². The van der Waals surface area contributed by atoms with E-state index in [0.29, 0.717) is 29.6 Å². The highest BCUT2D eigenvalue weighted by Gasteiger charge is 2.35. The van der Waals surface area contributed by atoms with Crippen LogP contribution in [0.15, 0.2) is 65.2 Å². The van der Waals surface area contributed by atoms with E-state index in [0.717, 1.165) is 87.5 Å². The van der Waals surface area contributed by atoms with Crippen LogP contribution < -0.4 is 4.57 Å². The molecule has 2 heterocycles. The molecule has 1 fully saturated rings. The van der Waals surface area contributed by atoms with Crippen molar-refractivity contribution in [3.8, 4) is 28.5 Å².